The normalized spacial score (nSPS) is 14.3. The van der Waals surface area contributed by atoms with Crippen molar-refractivity contribution in [2.45, 2.75) is 19.8 Å². The lowest BCUT2D eigenvalue weighted by Crippen LogP contribution is -2.33. The number of para-hydroxylation sites is 1. The van der Waals surface area contributed by atoms with Crippen molar-refractivity contribution in [3.63, 3.8) is 0 Å². The molecule has 8 heteroatoms. The molecule has 0 unspecified atom stereocenters. The number of nitrogens with one attached hydrogen (secondary N) is 1. The van der Waals surface area contributed by atoms with Crippen molar-refractivity contribution >= 4 is 23.2 Å². The summed E-state index contributed by atoms with van der Waals surface area (Å²) >= 11 is 0. The lowest BCUT2D eigenvalue weighted by Gasteiger charge is -2.15. The van der Waals surface area contributed by atoms with Gasteiger partial charge in [-0.1, -0.05) is 6.07 Å². The molecule has 0 aliphatic carbocycles. The lowest BCUT2D eigenvalue weighted by atomic mass is 10.2. The van der Waals surface area contributed by atoms with E-state index in [1.54, 1.807) is 19.1 Å². The maximum absolute atomic E-state index is 11.5. The van der Waals surface area contributed by atoms with E-state index < -0.39 is 4.92 Å². The van der Waals surface area contributed by atoms with Crippen molar-refractivity contribution in [1.82, 2.24) is 4.90 Å². The van der Waals surface area contributed by atoms with Gasteiger partial charge in [0, 0.05) is 25.9 Å². The first-order valence-electron chi connectivity index (χ1n) is 7.02. The number of nitro groups is 1. The molecule has 1 fully saturated rings. The number of hydrogen-bond donors (Lipinski definition) is 1. The fraction of sp³-hybridized carbons (Fsp3) is 0.429. The van der Waals surface area contributed by atoms with Crippen molar-refractivity contribution in [2.75, 3.05) is 25.0 Å². The van der Waals surface area contributed by atoms with Gasteiger partial charge in [-0.3, -0.25) is 24.6 Å². The molecule has 0 saturated carbocycles. The van der Waals surface area contributed by atoms with Crippen LogP contribution in [0.3, 0.4) is 0 Å². The van der Waals surface area contributed by atoms with E-state index in [1.807, 2.05) is 0 Å². The summed E-state index contributed by atoms with van der Waals surface area (Å²) in [7, 11) is 0. The Balaban J connectivity index is 2.06. The summed E-state index contributed by atoms with van der Waals surface area (Å²) in [6.45, 7) is 2.50. The Morgan fingerprint density at radius 1 is 1.32 bits per heavy atom. The quantitative estimate of drug-likeness (QED) is 0.466. The van der Waals surface area contributed by atoms with E-state index in [0.717, 1.165) is 0 Å². The van der Waals surface area contributed by atoms with E-state index in [1.165, 1.54) is 11.0 Å². The summed E-state index contributed by atoms with van der Waals surface area (Å²) in [6, 6.07) is 4.74. The third kappa shape index (κ3) is 3.33. The molecule has 0 aromatic heterocycles. The minimum atomic E-state index is -0.514. The zero-order valence-corrected chi connectivity index (χ0v) is 12.2. The van der Waals surface area contributed by atoms with E-state index in [4.69, 9.17) is 4.74 Å². The fourth-order valence-electron chi connectivity index (χ4n) is 2.30. The van der Waals surface area contributed by atoms with E-state index in [9.17, 15) is 19.7 Å². The van der Waals surface area contributed by atoms with Crippen molar-refractivity contribution in [1.29, 1.82) is 0 Å². The molecule has 0 atom stereocenters. The monoisotopic (exact) mass is 307 g/mol. The number of amides is 2. The Morgan fingerprint density at radius 3 is 2.59 bits per heavy atom. The third-order valence-corrected chi connectivity index (χ3v) is 3.29. The average Bonchev–Trinajstić information content (AvgIpc) is 2.79. The molecular formula is C14H17N3O5. The molecule has 0 bridgehead atoms. The van der Waals surface area contributed by atoms with Gasteiger partial charge in [-0.25, -0.2) is 0 Å². The van der Waals surface area contributed by atoms with Crippen LogP contribution in [0.4, 0.5) is 11.4 Å². The molecule has 1 aromatic rings. The van der Waals surface area contributed by atoms with Crippen LogP contribution in [0.25, 0.3) is 0 Å². The van der Waals surface area contributed by atoms with Gasteiger partial charge in [0.1, 0.15) is 5.69 Å². The van der Waals surface area contributed by atoms with Crippen LogP contribution in [-0.4, -0.2) is 41.3 Å². The van der Waals surface area contributed by atoms with Crippen LogP contribution >= 0.6 is 0 Å². The summed E-state index contributed by atoms with van der Waals surface area (Å²) in [5.74, 6) is -0.223. The van der Waals surface area contributed by atoms with Gasteiger partial charge in [-0.05, 0) is 19.1 Å². The number of imide groups is 1. The summed E-state index contributed by atoms with van der Waals surface area (Å²) in [4.78, 5) is 34.8. The summed E-state index contributed by atoms with van der Waals surface area (Å²) in [5.41, 5.74) is 0.151. The van der Waals surface area contributed by atoms with Crippen molar-refractivity contribution < 1.29 is 19.2 Å². The number of rotatable bonds is 7. The molecule has 1 N–H and O–H groups in total. The zero-order chi connectivity index (χ0) is 16.1. The smallest absolute Gasteiger partial charge is 0.333 e. The highest BCUT2D eigenvalue weighted by Gasteiger charge is 2.28. The molecule has 8 nitrogen and oxygen atoms in total. The molecular weight excluding hydrogens is 290 g/mol. The molecule has 1 heterocycles. The maximum atomic E-state index is 11.5. The number of carbonyl (C=O) groups excluding carboxylic acids is 2. The number of nitrogens with zero attached hydrogens (tertiary/aromatic N) is 2. The molecule has 1 aliphatic heterocycles. The van der Waals surface area contributed by atoms with Crippen LogP contribution < -0.4 is 10.1 Å². The lowest BCUT2D eigenvalue weighted by molar-refractivity contribution is -0.384. The standard InChI is InChI=1S/C14H17N3O5/c1-2-22-11-5-3-4-10(14(11)17(20)21)15-8-9-16-12(18)6-7-13(16)19/h3-5,15H,2,6-9H2,1H3. The number of anilines is 1. The average molecular weight is 307 g/mol. The maximum Gasteiger partial charge on any atom is 0.333 e. The molecule has 2 amide bonds. The predicted molar refractivity (Wildman–Crippen MR) is 78.7 cm³/mol. The first-order chi connectivity index (χ1) is 10.5. The van der Waals surface area contributed by atoms with E-state index in [2.05, 4.69) is 5.32 Å². The second-order valence-electron chi connectivity index (χ2n) is 4.71. The minimum Gasteiger partial charge on any atom is -0.487 e. The SMILES string of the molecule is CCOc1cccc(NCCN2C(=O)CCC2=O)c1[N+](=O)[O-]. The van der Waals surface area contributed by atoms with Gasteiger partial charge in [0.05, 0.1) is 11.5 Å². The Morgan fingerprint density at radius 2 is 2.00 bits per heavy atom. The van der Waals surface area contributed by atoms with Crippen molar-refractivity contribution in [3.05, 3.63) is 28.3 Å². The summed E-state index contributed by atoms with van der Waals surface area (Å²) in [6.07, 6.45) is 0.470. The second-order valence-corrected chi connectivity index (χ2v) is 4.71. The Kier molecular flexibility index (Phi) is 4.92. The van der Waals surface area contributed by atoms with E-state index in [-0.39, 0.29) is 49.2 Å². The number of likely N-dealkylation sites (tertiary alicyclic amines) is 1. The number of hydrogen-bond acceptors (Lipinski definition) is 6. The van der Waals surface area contributed by atoms with E-state index >= 15 is 0 Å². The number of ether oxygens (including phenoxy) is 1. The fourth-order valence-corrected chi connectivity index (χ4v) is 2.30. The molecule has 2 rings (SSSR count). The van der Waals surface area contributed by atoms with Crippen LogP contribution in [0, 0.1) is 10.1 Å². The molecule has 0 spiro atoms. The van der Waals surface area contributed by atoms with Crippen LogP contribution in [-0.2, 0) is 9.59 Å². The second kappa shape index (κ2) is 6.88. The summed E-state index contributed by atoms with van der Waals surface area (Å²) in [5, 5.41) is 14.1. The summed E-state index contributed by atoms with van der Waals surface area (Å²) < 4.78 is 5.25. The Hall–Kier alpha value is -2.64. The molecule has 1 saturated heterocycles. The van der Waals surface area contributed by atoms with Crippen LogP contribution in [0.15, 0.2) is 18.2 Å². The molecule has 0 radical (unpaired) electrons. The van der Waals surface area contributed by atoms with Crippen molar-refractivity contribution in [2.24, 2.45) is 0 Å². The number of benzene rings is 1. The number of carbonyl (C=O) groups is 2. The van der Waals surface area contributed by atoms with Crippen LogP contribution in [0.2, 0.25) is 0 Å². The van der Waals surface area contributed by atoms with Crippen LogP contribution in [0.5, 0.6) is 5.75 Å². The predicted octanol–water partition coefficient (Wildman–Crippen LogP) is 1.55. The first-order valence-corrected chi connectivity index (χ1v) is 7.02. The van der Waals surface area contributed by atoms with Gasteiger partial charge in [0.15, 0.2) is 5.75 Å². The topological polar surface area (TPSA) is 102 Å². The molecule has 1 aromatic carbocycles. The van der Waals surface area contributed by atoms with Gasteiger partial charge in [-0.2, -0.15) is 0 Å². The van der Waals surface area contributed by atoms with Gasteiger partial charge in [0.2, 0.25) is 11.8 Å². The van der Waals surface area contributed by atoms with Gasteiger partial charge in [0.25, 0.3) is 0 Å². The van der Waals surface area contributed by atoms with E-state index in [0.29, 0.717) is 12.3 Å². The molecule has 22 heavy (non-hydrogen) atoms. The third-order valence-electron chi connectivity index (χ3n) is 3.29. The molecule has 1 aliphatic rings. The number of nitro benzene ring substituents is 1. The largest absolute Gasteiger partial charge is 0.487 e. The Labute approximate surface area is 127 Å². The highest BCUT2D eigenvalue weighted by atomic mass is 16.6. The minimum absolute atomic E-state index is 0.150. The highest BCUT2D eigenvalue weighted by molar-refractivity contribution is 6.01. The van der Waals surface area contributed by atoms with Gasteiger partial charge < -0.3 is 10.1 Å². The van der Waals surface area contributed by atoms with Gasteiger partial charge >= 0.3 is 5.69 Å². The molecule has 118 valence electrons. The first kappa shape index (κ1) is 15.7. The van der Waals surface area contributed by atoms with Gasteiger partial charge in [-0.15, -0.1) is 0 Å². The van der Waals surface area contributed by atoms with Crippen LogP contribution in [0.1, 0.15) is 19.8 Å². The Bertz CT molecular complexity index is 586. The van der Waals surface area contributed by atoms with Crippen molar-refractivity contribution in [3.8, 4) is 5.75 Å². The zero-order valence-electron chi connectivity index (χ0n) is 12.2. The highest BCUT2D eigenvalue weighted by Crippen LogP contribution is 2.34.